The highest BCUT2D eigenvalue weighted by Gasteiger charge is 2.45. The molecule has 3 aromatic carbocycles. The number of likely N-dealkylation sites (tertiary alicyclic amines) is 1. The van der Waals surface area contributed by atoms with E-state index < -0.39 is 42.6 Å². The molecule has 372 valence electrons. The van der Waals surface area contributed by atoms with Gasteiger partial charge in [0.25, 0.3) is 11.8 Å². The second-order valence-electron chi connectivity index (χ2n) is 20.0. The molecule has 71 heavy (non-hydrogen) atoms. The van der Waals surface area contributed by atoms with Crippen molar-refractivity contribution in [3.8, 4) is 5.75 Å². The summed E-state index contributed by atoms with van der Waals surface area (Å²) in [5, 5.41) is 9.98. The summed E-state index contributed by atoms with van der Waals surface area (Å²) in [5.74, 6) is -0.967. The van der Waals surface area contributed by atoms with Crippen LogP contribution >= 0.6 is 23.1 Å². The number of rotatable bonds is 11. The number of amides is 4. The van der Waals surface area contributed by atoms with Crippen molar-refractivity contribution in [1.82, 2.24) is 30.1 Å². The molecule has 5 aliphatic heterocycles. The third kappa shape index (κ3) is 9.38. The maximum absolute atomic E-state index is 14.8. The minimum Gasteiger partial charge on any atom is -0.494 e. The number of aryl methyl sites for hydroxylation is 2. The SMILES string of the molecule is CCc1cc(Nc2ncc(Br)c(Nc3ccc4nc(C)c(F)cc4c3P(C)(C)=O)n2)c(OC)cc1N1CCC2(CC1)CCN(C1CCN(c3ccc4c(c3)C(=O)N(C3CCC(=O)NC3=O)C4=O)CC1)CC2. The first-order valence-electron chi connectivity index (χ1n) is 24.6. The van der Waals surface area contributed by atoms with E-state index in [1.807, 2.05) is 6.07 Å². The van der Waals surface area contributed by atoms with Crippen LogP contribution in [0.2, 0.25) is 0 Å². The molecule has 0 radical (unpaired) electrons. The molecule has 0 aliphatic carbocycles. The predicted octanol–water partition coefficient (Wildman–Crippen LogP) is 8.29. The Balaban J connectivity index is 0.749. The number of halogens is 2. The van der Waals surface area contributed by atoms with Gasteiger partial charge in [0.2, 0.25) is 17.8 Å². The molecule has 16 nitrogen and oxygen atoms in total. The highest BCUT2D eigenvalue weighted by atomic mass is 79.9. The molecule has 3 N–H and O–H groups in total. The highest BCUT2D eigenvalue weighted by molar-refractivity contribution is 9.10. The summed E-state index contributed by atoms with van der Waals surface area (Å²) in [7, 11) is -1.26. The Morgan fingerprint density at radius 2 is 1.58 bits per heavy atom. The van der Waals surface area contributed by atoms with Crippen LogP contribution in [0.1, 0.15) is 90.3 Å². The van der Waals surface area contributed by atoms with Gasteiger partial charge in [-0.1, -0.05) is 6.92 Å². The minimum atomic E-state index is -2.92. The number of pyridine rings is 1. The monoisotopic (exact) mass is 1050 g/mol. The number of hydrogen-bond acceptors (Lipinski definition) is 14. The van der Waals surface area contributed by atoms with E-state index in [1.165, 1.54) is 30.2 Å². The first-order chi connectivity index (χ1) is 34.0. The van der Waals surface area contributed by atoms with Crippen LogP contribution in [0.4, 0.5) is 38.9 Å². The zero-order chi connectivity index (χ0) is 49.9. The summed E-state index contributed by atoms with van der Waals surface area (Å²) in [6, 6.07) is 14.2. The average molecular weight is 1050 g/mol. The van der Waals surface area contributed by atoms with E-state index in [2.05, 4.69) is 75.6 Å². The Morgan fingerprint density at radius 3 is 2.27 bits per heavy atom. The number of hydrogen-bond donors (Lipinski definition) is 3. The standard InChI is InChI=1S/C52H59BrFN10O6P/c1-6-31-25-41(58-51-55-29-37(53)47(60-51)57-40-10-9-39-36(46(40)71(4,5)69)27-38(54)30(2)56-39)44(70-3)28-43(31)63-23-17-52(18-24-63)15-21-62(22-16-52)32-13-19-61(20-14-32)33-7-8-34-35(26-33)50(68)64(49(34)67)42-11-12-45(65)59-48(42)66/h7-10,25-29,32,42H,6,11-24H2,1-5H3,(H,59,65,66)(H2,55,57,58,60). The van der Waals surface area contributed by atoms with Crippen LogP contribution in [-0.4, -0.2) is 120 Å². The van der Waals surface area contributed by atoms with E-state index >= 15 is 0 Å². The van der Waals surface area contributed by atoms with Crippen LogP contribution < -0.4 is 35.8 Å². The quantitative estimate of drug-likeness (QED) is 0.0849. The molecule has 0 bridgehead atoms. The Morgan fingerprint density at radius 1 is 0.859 bits per heavy atom. The fourth-order valence-electron chi connectivity index (χ4n) is 11.4. The largest absolute Gasteiger partial charge is 0.494 e. The number of benzene rings is 3. The van der Waals surface area contributed by atoms with Gasteiger partial charge in [0.05, 0.1) is 45.3 Å². The van der Waals surface area contributed by atoms with E-state index in [-0.39, 0.29) is 18.5 Å². The number of fused-ring (bicyclic) bond motifs is 2. The van der Waals surface area contributed by atoms with Crippen LogP contribution in [-0.2, 0) is 20.6 Å². The summed E-state index contributed by atoms with van der Waals surface area (Å²) in [6.45, 7) is 12.9. The fourth-order valence-corrected chi connectivity index (χ4v) is 13.2. The number of carbonyl (C=O) groups is 4. The number of methoxy groups -OCH3 is 1. The number of nitrogens with zero attached hydrogens (tertiary/aromatic N) is 7. The molecule has 1 spiro atoms. The van der Waals surface area contributed by atoms with Crippen molar-refractivity contribution in [2.24, 2.45) is 5.41 Å². The highest BCUT2D eigenvalue weighted by Crippen LogP contribution is 2.46. The number of carbonyl (C=O) groups excluding carboxylic acids is 4. The Bertz CT molecular complexity index is 3030. The second-order valence-corrected chi connectivity index (χ2v) is 24.0. The Kier molecular flexibility index (Phi) is 13.2. The zero-order valence-electron chi connectivity index (χ0n) is 40.7. The Labute approximate surface area is 421 Å². The molecule has 4 amide bonds. The number of imide groups is 2. The van der Waals surface area contributed by atoms with Crippen molar-refractivity contribution in [3.05, 3.63) is 87.4 Å². The number of piperidine rings is 4. The van der Waals surface area contributed by atoms with E-state index in [9.17, 15) is 28.1 Å². The average Bonchev–Trinajstić information content (AvgIpc) is 3.60. The molecule has 1 atom stereocenters. The summed E-state index contributed by atoms with van der Waals surface area (Å²) < 4.78 is 35.0. The molecule has 10 rings (SSSR count). The first-order valence-corrected chi connectivity index (χ1v) is 27.9. The predicted molar refractivity (Wildman–Crippen MR) is 277 cm³/mol. The summed E-state index contributed by atoms with van der Waals surface area (Å²) in [4.78, 5) is 73.2. The second kappa shape index (κ2) is 19.2. The molecule has 7 heterocycles. The summed E-state index contributed by atoms with van der Waals surface area (Å²) >= 11 is 3.58. The van der Waals surface area contributed by atoms with Crippen molar-refractivity contribution in [2.45, 2.75) is 83.7 Å². The van der Waals surface area contributed by atoms with Gasteiger partial charge in [-0.2, -0.15) is 4.98 Å². The van der Waals surface area contributed by atoms with Gasteiger partial charge in [-0.25, -0.2) is 9.37 Å². The molecular formula is C52H59BrFN10O6P. The zero-order valence-corrected chi connectivity index (χ0v) is 43.2. The first kappa shape index (κ1) is 48.6. The number of aromatic nitrogens is 3. The molecule has 19 heteroatoms. The van der Waals surface area contributed by atoms with E-state index in [4.69, 9.17) is 9.72 Å². The van der Waals surface area contributed by atoms with Gasteiger partial charge in [0, 0.05) is 73.0 Å². The molecule has 0 saturated carbocycles. The van der Waals surface area contributed by atoms with Crippen LogP contribution in [0.15, 0.2) is 59.2 Å². The van der Waals surface area contributed by atoms with Crippen LogP contribution in [0.3, 0.4) is 0 Å². The van der Waals surface area contributed by atoms with Gasteiger partial charge in [0.15, 0.2) is 0 Å². The fraction of sp³-hybridized carbons (Fsp3) is 0.442. The molecule has 5 aromatic rings. The van der Waals surface area contributed by atoms with Crippen molar-refractivity contribution in [2.75, 3.05) is 80.1 Å². The lowest BCUT2D eigenvalue weighted by molar-refractivity contribution is -0.136. The van der Waals surface area contributed by atoms with E-state index in [0.717, 1.165) is 87.6 Å². The van der Waals surface area contributed by atoms with Gasteiger partial charge in [-0.05, 0) is 154 Å². The number of anilines is 6. The van der Waals surface area contributed by atoms with Gasteiger partial charge in [-0.3, -0.25) is 34.4 Å². The maximum Gasteiger partial charge on any atom is 0.262 e. The summed E-state index contributed by atoms with van der Waals surface area (Å²) in [5.41, 5.74) is 6.33. The van der Waals surface area contributed by atoms with Gasteiger partial charge in [0.1, 0.15) is 30.6 Å². The van der Waals surface area contributed by atoms with E-state index in [1.54, 1.807) is 57.8 Å². The topological polar surface area (TPSA) is 182 Å². The minimum absolute atomic E-state index is 0.0904. The molecule has 5 aliphatic rings. The number of ether oxygens (including phenoxy) is 1. The van der Waals surface area contributed by atoms with E-state index in [0.29, 0.717) is 66.5 Å². The van der Waals surface area contributed by atoms with Crippen LogP contribution in [0.5, 0.6) is 5.75 Å². The van der Waals surface area contributed by atoms with Crippen molar-refractivity contribution >= 4 is 97.4 Å². The smallest absolute Gasteiger partial charge is 0.262 e. The molecule has 4 saturated heterocycles. The third-order valence-electron chi connectivity index (χ3n) is 15.5. The molecular weight excluding hydrogens is 991 g/mol. The van der Waals surface area contributed by atoms with Crippen LogP contribution in [0, 0.1) is 18.2 Å². The van der Waals surface area contributed by atoms with Gasteiger partial charge >= 0.3 is 0 Å². The lowest BCUT2D eigenvalue weighted by Crippen LogP contribution is -2.54. The lowest BCUT2D eigenvalue weighted by atomic mass is 9.70. The molecule has 4 fully saturated rings. The van der Waals surface area contributed by atoms with Crippen molar-refractivity contribution in [3.63, 3.8) is 0 Å². The molecule has 1 unspecified atom stereocenters. The van der Waals surface area contributed by atoms with Crippen molar-refractivity contribution < 1.29 is 32.9 Å². The summed E-state index contributed by atoms with van der Waals surface area (Å²) in [6.07, 6.45) is 9.33. The van der Waals surface area contributed by atoms with Gasteiger partial charge < -0.3 is 34.6 Å². The normalized spacial score (nSPS) is 19.9. The molecule has 2 aromatic heterocycles. The van der Waals surface area contributed by atoms with Gasteiger partial charge in [-0.15, -0.1) is 0 Å². The third-order valence-corrected chi connectivity index (χ3v) is 17.6. The van der Waals surface area contributed by atoms with Crippen LogP contribution in [0.25, 0.3) is 10.9 Å². The lowest BCUT2D eigenvalue weighted by Gasteiger charge is -2.50. The van der Waals surface area contributed by atoms with Crippen molar-refractivity contribution in [1.29, 1.82) is 0 Å². The number of nitrogens with one attached hydrogen (secondary N) is 3. The Hall–Kier alpha value is -5.97. The maximum atomic E-state index is 14.8.